The Morgan fingerprint density at radius 1 is 1.25 bits per heavy atom. The maximum Gasteiger partial charge on any atom is 0.252 e. The lowest BCUT2D eigenvalue weighted by Crippen LogP contribution is -2.35. The minimum absolute atomic E-state index is 0. The van der Waals surface area contributed by atoms with Crippen LogP contribution in [-0.4, -0.2) is 31.8 Å². The fraction of sp³-hybridized carbons (Fsp3) is 0.545. The number of sulfonamides is 1. The number of hydrogen-bond donors (Lipinski definition) is 2. The SMILES string of the molecule is I.NC(N)=NCc1ccc(S(=O)(=O)N2CCCCC2)s1. The van der Waals surface area contributed by atoms with Gasteiger partial charge in [-0.2, -0.15) is 4.31 Å². The van der Waals surface area contributed by atoms with Gasteiger partial charge in [-0.05, 0) is 25.0 Å². The Morgan fingerprint density at radius 3 is 2.50 bits per heavy atom. The first-order chi connectivity index (χ1) is 9.00. The third-order valence-corrected chi connectivity index (χ3v) is 6.40. The summed E-state index contributed by atoms with van der Waals surface area (Å²) in [6.45, 7) is 1.55. The van der Waals surface area contributed by atoms with E-state index in [0.29, 0.717) is 23.8 Å². The van der Waals surface area contributed by atoms with E-state index in [9.17, 15) is 8.42 Å². The normalized spacial score (nSPS) is 16.4. The lowest BCUT2D eigenvalue weighted by molar-refractivity contribution is 0.347. The van der Waals surface area contributed by atoms with E-state index < -0.39 is 10.0 Å². The molecule has 2 heterocycles. The highest BCUT2D eigenvalue weighted by atomic mass is 127. The van der Waals surface area contributed by atoms with Crippen molar-refractivity contribution in [2.24, 2.45) is 16.5 Å². The number of nitrogens with zero attached hydrogens (tertiary/aromatic N) is 2. The van der Waals surface area contributed by atoms with Crippen LogP contribution in [0.3, 0.4) is 0 Å². The fourth-order valence-electron chi connectivity index (χ4n) is 1.98. The van der Waals surface area contributed by atoms with E-state index in [4.69, 9.17) is 11.5 Å². The molecule has 0 saturated carbocycles. The molecule has 0 bridgehead atoms. The van der Waals surface area contributed by atoms with Crippen LogP contribution in [0.5, 0.6) is 0 Å². The predicted octanol–water partition coefficient (Wildman–Crippen LogP) is 1.31. The Balaban J connectivity index is 0.00000200. The molecule has 9 heteroatoms. The van der Waals surface area contributed by atoms with E-state index >= 15 is 0 Å². The van der Waals surface area contributed by atoms with Crippen molar-refractivity contribution in [3.05, 3.63) is 17.0 Å². The standard InChI is InChI=1S/C11H18N4O2S2.HI/c12-11(13)14-8-9-4-5-10(18-9)19(16,17)15-6-2-1-3-7-15;/h4-5H,1-3,6-8H2,(H4,12,13,14);1H. The average molecular weight is 430 g/mol. The Labute approximate surface area is 140 Å². The van der Waals surface area contributed by atoms with Crippen LogP contribution in [-0.2, 0) is 16.6 Å². The Bertz CT molecular complexity index is 561. The highest BCUT2D eigenvalue weighted by molar-refractivity contribution is 14.0. The first-order valence-electron chi connectivity index (χ1n) is 6.14. The molecule has 1 aliphatic heterocycles. The van der Waals surface area contributed by atoms with E-state index in [-0.39, 0.29) is 29.9 Å². The number of thiophene rings is 1. The third-order valence-electron chi connectivity index (χ3n) is 2.96. The van der Waals surface area contributed by atoms with Crippen LogP contribution in [0.15, 0.2) is 21.3 Å². The average Bonchev–Trinajstić information content (AvgIpc) is 2.87. The number of hydrogen-bond acceptors (Lipinski definition) is 4. The molecule has 1 aliphatic rings. The van der Waals surface area contributed by atoms with Crippen LogP contribution in [0.25, 0.3) is 0 Å². The van der Waals surface area contributed by atoms with Gasteiger partial charge in [0.25, 0.3) is 10.0 Å². The Morgan fingerprint density at radius 2 is 1.90 bits per heavy atom. The molecule has 0 radical (unpaired) electrons. The summed E-state index contributed by atoms with van der Waals surface area (Å²) in [5.74, 6) is 0.00818. The van der Waals surface area contributed by atoms with Gasteiger partial charge in [0, 0.05) is 18.0 Å². The van der Waals surface area contributed by atoms with Crippen molar-refractivity contribution < 1.29 is 8.42 Å². The molecule has 4 N–H and O–H groups in total. The van der Waals surface area contributed by atoms with Gasteiger partial charge in [-0.3, -0.25) is 0 Å². The van der Waals surface area contributed by atoms with Gasteiger partial charge in [0.15, 0.2) is 5.96 Å². The first-order valence-corrected chi connectivity index (χ1v) is 8.40. The second-order valence-electron chi connectivity index (χ2n) is 4.43. The molecule has 6 nitrogen and oxygen atoms in total. The predicted molar refractivity (Wildman–Crippen MR) is 91.9 cm³/mol. The number of aliphatic imine (C=N–C) groups is 1. The smallest absolute Gasteiger partial charge is 0.252 e. The molecular weight excluding hydrogens is 411 g/mol. The second kappa shape index (κ2) is 7.57. The maximum absolute atomic E-state index is 12.4. The summed E-state index contributed by atoms with van der Waals surface area (Å²) in [4.78, 5) is 4.71. The molecule has 0 aliphatic carbocycles. The number of guanidine groups is 1. The van der Waals surface area contributed by atoms with Crippen molar-refractivity contribution in [2.75, 3.05) is 13.1 Å². The summed E-state index contributed by atoms with van der Waals surface area (Å²) in [6.07, 6.45) is 2.98. The van der Waals surface area contributed by atoms with E-state index in [1.54, 1.807) is 16.4 Å². The quantitative estimate of drug-likeness (QED) is 0.427. The minimum Gasteiger partial charge on any atom is -0.370 e. The molecule has 0 unspecified atom stereocenters. The van der Waals surface area contributed by atoms with E-state index in [1.807, 2.05) is 0 Å². The van der Waals surface area contributed by atoms with E-state index in [0.717, 1.165) is 24.1 Å². The molecule has 20 heavy (non-hydrogen) atoms. The highest BCUT2D eigenvalue weighted by Gasteiger charge is 2.27. The van der Waals surface area contributed by atoms with Gasteiger partial charge < -0.3 is 11.5 Å². The van der Waals surface area contributed by atoms with Crippen molar-refractivity contribution in [1.29, 1.82) is 0 Å². The zero-order valence-electron chi connectivity index (χ0n) is 11.0. The van der Waals surface area contributed by atoms with Crippen LogP contribution in [0, 0.1) is 0 Å². The monoisotopic (exact) mass is 430 g/mol. The van der Waals surface area contributed by atoms with Crippen molar-refractivity contribution >= 4 is 51.3 Å². The topological polar surface area (TPSA) is 102 Å². The van der Waals surface area contributed by atoms with Gasteiger partial charge in [-0.25, -0.2) is 13.4 Å². The van der Waals surface area contributed by atoms with Crippen LogP contribution in [0.1, 0.15) is 24.1 Å². The summed E-state index contributed by atoms with van der Waals surface area (Å²) in [6, 6.07) is 3.39. The molecule has 1 saturated heterocycles. The van der Waals surface area contributed by atoms with Gasteiger partial charge in [0.05, 0.1) is 6.54 Å². The van der Waals surface area contributed by atoms with Crippen LogP contribution < -0.4 is 11.5 Å². The molecule has 0 atom stereocenters. The zero-order chi connectivity index (χ0) is 13.9. The van der Waals surface area contributed by atoms with Gasteiger partial charge in [0.1, 0.15) is 4.21 Å². The third kappa shape index (κ3) is 4.30. The summed E-state index contributed by atoms with van der Waals surface area (Å²) in [5, 5.41) is 0. The number of nitrogens with two attached hydrogens (primary N) is 2. The minimum atomic E-state index is -3.34. The summed E-state index contributed by atoms with van der Waals surface area (Å²) in [7, 11) is -3.34. The molecule has 1 aromatic heterocycles. The summed E-state index contributed by atoms with van der Waals surface area (Å²) < 4.78 is 26.7. The second-order valence-corrected chi connectivity index (χ2v) is 7.76. The van der Waals surface area contributed by atoms with Crippen LogP contribution in [0.2, 0.25) is 0 Å². The zero-order valence-corrected chi connectivity index (χ0v) is 15.0. The van der Waals surface area contributed by atoms with E-state index in [2.05, 4.69) is 4.99 Å². The van der Waals surface area contributed by atoms with Crippen molar-refractivity contribution in [1.82, 2.24) is 4.31 Å². The number of piperidine rings is 1. The molecule has 1 aromatic rings. The van der Waals surface area contributed by atoms with E-state index in [1.165, 1.54) is 11.3 Å². The summed E-state index contributed by atoms with van der Waals surface area (Å²) >= 11 is 1.23. The van der Waals surface area contributed by atoms with Crippen molar-refractivity contribution in [3.63, 3.8) is 0 Å². The van der Waals surface area contributed by atoms with Crippen molar-refractivity contribution in [3.8, 4) is 0 Å². The summed E-state index contributed by atoms with van der Waals surface area (Å²) in [5.41, 5.74) is 10.5. The van der Waals surface area contributed by atoms with Crippen LogP contribution in [0.4, 0.5) is 0 Å². The van der Waals surface area contributed by atoms with Gasteiger partial charge >= 0.3 is 0 Å². The number of halogens is 1. The van der Waals surface area contributed by atoms with Gasteiger partial charge in [-0.15, -0.1) is 35.3 Å². The molecule has 114 valence electrons. The maximum atomic E-state index is 12.4. The lowest BCUT2D eigenvalue weighted by Gasteiger charge is -2.25. The molecular formula is C11H19IN4O2S2. The lowest BCUT2D eigenvalue weighted by atomic mass is 10.2. The Hall–Kier alpha value is -0.390. The fourth-order valence-corrected chi connectivity index (χ4v) is 4.94. The number of rotatable bonds is 4. The molecule has 1 fully saturated rings. The van der Waals surface area contributed by atoms with Gasteiger partial charge in [0.2, 0.25) is 0 Å². The Kier molecular flexibility index (Phi) is 6.69. The van der Waals surface area contributed by atoms with Gasteiger partial charge in [-0.1, -0.05) is 6.42 Å². The first kappa shape index (κ1) is 17.7. The van der Waals surface area contributed by atoms with Crippen molar-refractivity contribution in [2.45, 2.75) is 30.0 Å². The highest BCUT2D eigenvalue weighted by Crippen LogP contribution is 2.27. The molecule has 0 aromatic carbocycles. The molecule has 0 spiro atoms. The van der Waals surface area contributed by atoms with Crippen LogP contribution >= 0.6 is 35.3 Å². The largest absolute Gasteiger partial charge is 0.370 e. The molecule has 2 rings (SSSR count). The molecule has 0 amide bonds.